The lowest BCUT2D eigenvalue weighted by molar-refractivity contribution is -0.383. The topological polar surface area (TPSA) is 110 Å². The smallest absolute Gasteiger partial charge is 0.315 e. The van der Waals surface area contributed by atoms with Gasteiger partial charge in [0.2, 0.25) is 5.91 Å². The van der Waals surface area contributed by atoms with E-state index in [9.17, 15) is 14.9 Å². The number of hydrogen-bond donors (Lipinski definition) is 3. The third-order valence-electron chi connectivity index (χ3n) is 2.40. The molecule has 0 radical (unpaired) electrons. The number of anilines is 2. The third-order valence-corrected chi connectivity index (χ3v) is 2.40. The molecule has 18 heavy (non-hydrogen) atoms. The Kier molecular flexibility index (Phi) is 4.47. The van der Waals surface area contributed by atoms with Gasteiger partial charge < -0.3 is 16.4 Å². The van der Waals surface area contributed by atoms with Gasteiger partial charge in [0.25, 0.3) is 0 Å². The average molecular weight is 252 g/mol. The average Bonchev–Trinajstić information content (AvgIpc) is 2.26. The van der Waals surface area contributed by atoms with E-state index in [1.807, 2.05) is 0 Å². The van der Waals surface area contributed by atoms with Crippen molar-refractivity contribution >= 4 is 23.0 Å². The molecule has 0 heterocycles. The fourth-order valence-electron chi connectivity index (χ4n) is 1.68. The minimum absolute atomic E-state index is 0.0451. The number of nitro groups is 1. The maximum atomic E-state index is 11.0. The molecular weight excluding hydrogens is 236 g/mol. The first-order chi connectivity index (χ1) is 8.45. The molecule has 0 bridgehead atoms. The third kappa shape index (κ3) is 3.34. The van der Waals surface area contributed by atoms with Crippen LogP contribution in [0.5, 0.6) is 0 Å². The molecule has 4 N–H and O–H groups in total. The summed E-state index contributed by atoms with van der Waals surface area (Å²) in [5, 5.41) is 16.7. The maximum absolute atomic E-state index is 11.0. The Morgan fingerprint density at radius 2 is 2.11 bits per heavy atom. The highest BCUT2D eigenvalue weighted by Crippen LogP contribution is 2.32. The Hall–Kier alpha value is -2.31. The molecule has 1 atom stereocenters. The van der Waals surface area contributed by atoms with Gasteiger partial charge in [0, 0.05) is 19.5 Å². The number of rotatable bonds is 6. The second kappa shape index (κ2) is 5.85. The Morgan fingerprint density at radius 1 is 1.50 bits per heavy atom. The molecule has 7 heteroatoms. The van der Waals surface area contributed by atoms with Crippen LogP contribution in [-0.4, -0.2) is 23.9 Å². The minimum Gasteiger partial charge on any atom is -0.382 e. The number of carbonyl (C=O) groups excluding carboxylic acids is 1. The highest BCUT2D eigenvalue weighted by molar-refractivity contribution is 5.78. The number of para-hydroxylation sites is 1. The molecule has 1 rings (SSSR count). The van der Waals surface area contributed by atoms with Crippen LogP contribution in [0.15, 0.2) is 18.2 Å². The highest BCUT2D eigenvalue weighted by Gasteiger charge is 2.20. The number of nitro benzene ring substituents is 1. The number of nitrogens with one attached hydrogen (secondary N) is 2. The SMILES string of the molecule is CNc1cccc(NC(C)CC(N)=O)c1[N+](=O)[O-]. The summed E-state index contributed by atoms with van der Waals surface area (Å²) in [6.07, 6.45) is 0.112. The van der Waals surface area contributed by atoms with E-state index >= 15 is 0 Å². The molecule has 0 saturated heterocycles. The van der Waals surface area contributed by atoms with E-state index in [-0.39, 0.29) is 18.2 Å². The lowest BCUT2D eigenvalue weighted by Crippen LogP contribution is -2.24. The van der Waals surface area contributed by atoms with Gasteiger partial charge in [0.15, 0.2) is 0 Å². The van der Waals surface area contributed by atoms with Crippen molar-refractivity contribution < 1.29 is 9.72 Å². The molecular formula is C11H16N4O3. The van der Waals surface area contributed by atoms with Crippen molar-refractivity contribution in [2.75, 3.05) is 17.7 Å². The maximum Gasteiger partial charge on any atom is 0.315 e. The van der Waals surface area contributed by atoms with Crippen LogP contribution in [0.1, 0.15) is 13.3 Å². The molecule has 1 aromatic carbocycles. The largest absolute Gasteiger partial charge is 0.382 e. The van der Waals surface area contributed by atoms with Gasteiger partial charge in [-0.25, -0.2) is 0 Å². The van der Waals surface area contributed by atoms with Gasteiger partial charge in [-0.2, -0.15) is 0 Å². The van der Waals surface area contributed by atoms with E-state index in [0.29, 0.717) is 11.4 Å². The highest BCUT2D eigenvalue weighted by atomic mass is 16.6. The summed E-state index contributed by atoms with van der Waals surface area (Å²) < 4.78 is 0. The van der Waals surface area contributed by atoms with E-state index < -0.39 is 10.8 Å². The predicted octanol–water partition coefficient (Wildman–Crippen LogP) is 1.31. The molecule has 1 aromatic rings. The zero-order valence-electron chi connectivity index (χ0n) is 10.3. The summed E-state index contributed by atoms with van der Waals surface area (Å²) in [7, 11) is 1.61. The molecule has 0 spiro atoms. The molecule has 1 unspecified atom stereocenters. The Morgan fingerprint density at radius 3 is 2.61 bits per heavy atom. The van der Waals surface area contributed by atoms with Crippen molar-refractivity contribution in [3.8, 4) is 0 Å². The summed E-state index contributed by atoms with van der Waals surface area (Å²) in [6, 6.07) is 4.63. The van der Waals surface area contributed by atoms with Crippen LogP contribution in [-0.2, 0) is 4.79 Å². The summed E-state index contributed by atoms with van der Waals surface area (Å²) in [5.74, 6) is -0.456. The molecule has 0 aliphatic carbocycles. The predicted molar refractivity (Wildman–Crippen MR) is 69.5 cm³/mol. The lowest BCUT2D eigenvalue weighted by atomic mass is 10.2. The van der Waals surface area contributed by atoms with E-state index in [4.69, 9.17) is 5.73 Å². The van der Waals surface area contributed by atoms with Crippen molar-refractivity contribution in [1.29, 1.82) is 0 Å². The molecule has 7 nitrogen and oxygen atoms in total. The minimum atomic E-state index is -0.467. The Bertz CT molecular complexity index is 462. The zero-order chi connectivity index (χ0) is 13.7. The van der Waals surface area contributed by atoms with Crippen molar-refractivity contribution in [3.63, 3.8) is 0 Å². The van der Waals surface area contributed by atoms with Crippen molar-refractivity contribution in [3.05, 3.63) is 28.3 Å². The second-order valence-corrected chi connectivity index (χ2v) is 3.92. The van der Waals surface area contributed by atoms with Crippen LogP contribution in [0.3, 0.4) is 0 Å². The summed E-state index contributed by atoms with van der Waals surface area (Å²) in [6.45, 7) is 1.74. The van der Waals surface area contributed by atoms with Gasteiger partial charge in [-0.05, 0) is 19.1 Å². The molecule has 0 aliphatic rings. The van der Waals surface area contributed by atoms with Gasteiger partial charge >= 0.3 is 5.69 Å². The Balaban J connectivity index is 3.01. The Labute approximate surface area is 105 Å². The second-order valence-electron chi connectivity index (χ2n) is 3.92. The van der Waals surface area contributed by atoms with Crippen molar-refractivity contribution in [2.45, 2.75) is 19.4 Å². The molecule has 0 saturated carbocycles. The lowest BCUT2D eigenvalue weighted by Gasteiger charge is -2.14. The van der Waals surface area contributed by atoms with E-state index in [2.05, 4.69) is 10.6 Å². The van der Waals surface area contributed by atoms with Gasteiger partial charge in [0.05, 0.1) is 4.92 Å². The molecule has 1 amide bonds. The summed E-state index contributed by atoms with van der Waals surface area (Å²) in [5.41, 5.74) is 5.81. The van der Waals surface area contributed by atoms with Crippen LogP contribution in [0, 0.1) is 10.1 Å². The van der Waals surface area contributed by atoms with Crippen LogP contribution in [0.4, 0.5) is 17.1 Å². The fourth-order valence-corrected chi connectivity index (χ4v) is 1.68. The van der Waals surface area contributed by atoms with E-state index in [1.165, 1.54) is 0 Å². The van der Waals surface area contributed by atoms with Crippen LogP contribution in [0.2, 0.25) is 0 Å². The van der Waals surface area contributed by atoms with Gasteiger partial charge in [-0.3, -0.25) is 14.9 Å². The van der Waals surface area contributed by atoms with Crippen LogP contribution < -0.4 is 16.4 Å². The zero-order valence-corrected chi connectivity index (χ0v) is 10.3. The first-order valence-electron chi connectivity index (χ1n) is 5.45. The monoisotopic (exact) mass is 252 g/mol. The molecule has 0 aromatic heterocycles. The van der Waals surface area contributed by atoms with Crippen LogP contribution in [0.25, 0.3) is 0 Å². The number of benzene rings is 1. The number of nitrogens with two attached hydrogens (primary N) is 1. The van der Waals surface area contributed by atoms with Crippen LogP contribution >= 0.6 is 0 Å². The van der Waals surface area contributed by atoms with E-state index in [1.54, 1.807) is 32.2 Å². The summed E-state index contributed by atoms with van der Waals surface area (Å²) >= 11 is 0. The number of nitrogens with zero attached hydrogens (tertiary/aromatic N) is 1. The summed E-state index contributed by atoms with van der Waals surface area (Å²) in [4.78, 5) is 21.3. The first-order valence-corrected chi connectivity index (χ1v) is 5.45. The van der Waals surface area contributed by atoms with E-state index in [0.717, 1.165) is 0 Å². The molecule has 0 aliphatic heterocycles. The first kappa shape index (κ1) is 13.8. The number of amides is 1. The van der Waals surface area contributed by atoms with Gasteiger partial charge in [-0.1, -0.05) is 6.07 Å². The fraction of sp³-hybridized carbons (Fsp3) is 0.364. The molecule has 0 fully saturated rings. The quantitative estimate of drug-likeness (QED) is 0.522. The normalized spacial score (nSPS) is 11.7. The van der Waals surface area contributed by atoms with Gasteiger partial charge in [0.1, 0.15) is 11.4 Å². The number of hydrogen-bond acceptors (Lipinski definition) is 5. The van der Waals surface area contributed by atoms with Crippen molar-refractivity contribution in [1.82, 2.24) is 0 Å². The van der Waals surface area contributed by atoms with Gasteiger partial charge in [-0.15, -0.1) is 0 Å². The van der Waals surface area contributed by atoms with Crippen molar-refractivity contribution in [2.24, 2.45) is 5.73 Å². The number of carbonyl (C=O) groups is 1. The number of primary amides is 1. The standard InChI is InChI=1S/C11H16N4O3/c1-7(6-10(12)16)14-9-5-3-4-8(13-2)11(9)15(17)18/h3-5,7,13-14H,6H2,1-2H3,(H2,12,16). The molecule has 98 valence electrons.